The van der Waals surface area contributed by atoms with E-state index in [1.807, 2.05) is 6.92 Å². The maximum Gasteiger partial charge on any atom is 0.251 e. The Morgan fingerprint density at radius 2 is 1.82 bits per heavy atom. The van der Waals surface area contributed by atoms with Crippen molar-refractivity contribution >= 4 is 15.9 Å². The van der Waals surface area contributed by atoms with Crippen LogP contribution < -0.4 is 16.2 Å². The molecule has 1 amide bonds. The molecule has 1 unspecified atom stereocenters. The van der Waals surface area contributed by atoms with E-state index in [1.54, 1.807) is 24.3 Å². The Hall–Kier alpha value is -1.44. The molecular formula is C15H25N3O3S. The van der Waals surface area contributed by atoms with E-state index in [2.05, 4.69) is 19.2 Å². The lowest BCUT2D eigenvalue weighted by Crippen LogP contribution is -2.52. The first-order valence-corrected chi connectivity index (χ1v) is 8.88. The fourth-order valence-electron chi connectivity index (χ4n) is 2.42. The third kappa shape index (κ3) is 6.13. The summed E-state index contributed by atoms with van der Waals surface area (Å²) in [5.41, 5.74) is 6.32. The van der Waals surface area contributed by atoms with Gasteiger partial charge in [-0.05, 0) is 37.0 Å². The number of amides is 1. The van der Waals surface area contributed by atoms with Gasteiger partial charge in [0.2, 0.25) is 10.0 Å². The molecular weight excluding hydrogens is 302 g/mol. The number of hydrogen-bond donors (Lipinski definition) is 3. The molecule has 0 heterocycles. The van der Waals surface area contributed by atoms with E-state index in [1.165, 1.54) is 0 Å². The topological polar surface area (TPSA) is 115 Å². The molecule has 1 aromatic rings. The zero-order valence-corrected chi connectivity index (χ0v) is 14.1. The molecule has 1 rings (SSSR count). The summed E-state index contributed by atoms with van der Waals surface area (Å²) >= 11 is 0. The van der Waals surface area contributed by atoms with E-state index in [0.29, 0.717) is 23.6 Å². The Bertz CT molecular complexity index is 611. The Morgan fingerprint density at radius 3 is 2.23 bits per heavy atom. The van der Waals surface area contributed by atoms with Crippen LogP contribution >= 0.6 is 0 Å². The fraction of sp³-hybridized carbons (Fsp3) is 0.533. The highest BCUT2D eigenvalue weighted by atomic mass is 32.2. The van der Waals surface area contributed by atoms with Gasteiger partial charge in [0.15, 0.2) is 0 Å². The quantitative estimate of drug-likeness (QED) is 0.692. The zero-order valence-electron chi connectivity index (χ0n) is 13.3. The van der Waals surface area contributed by atoms with Gasteiger partial charge in [-0.2, -0.15) is 0 Å². The molecule has 6 nitrogen and oxygen atoms in total. The predicted molar refractivity (Wildman–Crippen MR) is 87.6 cm³/mol. The second kappa shape index (κ2) is 7.21. The number of hydrogen-bond acceptors (Lipinski definition) is 4. The van der Waals surface area contributed by atoms with Crippen LogP contribution in [0.25, 0.3) is 0 Å². The molecule has 124 valence electrons. The van der Waals surface area contributed by atoms with Crippen molar-refractivity contribution in [3.8, 4) is 0 Å². The lowest BCUT2D eigenvalue weighted by Gasteiger charge is -2.31. The van der Waals surface area contributed by atoms with E-state index >= 15 is 0 Å². The first-order chi connectivity index (χ1) is 10.0. The number of carbonyl (C=O) groups excluding carboxylic acids is 1. The number of rotatable bonds is 7. The third-order valence-electron chi connectivity index (χ3n) is 3.31. The Labute approximate surface area is 132 Å². The number of carbonyl (C=O) groups is 1. The number of sulfonamides is 1. The lowest BCUT2D eigenvalue weighted by molar-refractivity contribution is 0.0898. The summed E-state index contributed by atoms with van der Waals surface area (Å²) in [5.74, 6) is -0.0651. The Kier molecular flexibility index (Phi) is 6.10. The smallest absolute Gasteiger partial charge is 0.251 e. The average Bonchev–Trinajstić information content (AvgIpc) is 2.36. The van der Waals surface area contributed by atoms with Crippen LogP contribution in [0.3, 0.4) is 0 Å². The van der Waals surface area contributed by atoms with E-state index in [9.17, 15) is 13.2 Å². The normalized spacial score (nSPS) is 14.6. The van der Waals surface area contributed by atoms with E-state index in [4.69, 9.17) is 10.9 Å². The molecule has 1 aromatic carbocycles. The summed E-state index contributed by atoms with van der Waals surface area (Å²) in [5, 5.41) is 7.94. The van der Waals surface area contributed by atoms with Gasteiger partial charge >= 0.3 is 0 Å². The van der Waals surface area contributed by atoms with Gasteiger partial charge in [-0.25, -0.2) is 13.6 Å². The largest absolute Gasteiger partial charge is 0.346 e. The molecule has 0 radical (unpaired) electrons. The van der Waals surface area contributed by atoms with Crippen LogP contribution in [-0.4, -0.2) is 26.4 Å². The highest BCUT2D eigenvalue weighted by Gasteiger charge is 2.26. The molecule has 0 saturated carbocycles. The highest BCUT2D eigenvalue weighted by Crippen LogP contribution is 2.16. The van der Waals surface area contributed by atoms with Gasteiger partial charge in [0.25, 0.3) is 5.91 Å². The van der Waals surface area contributed by atoms with Crippen molar-refractivity contribution in [3.63, 3.8) is 0 Å². The average molecular weight is 327 g/mol. The number of benzene rings is 1. The minimum absolute atomic E-state index is 0.226. The maximum atomic E-state index is 12.3. The van der Waals surface area contributed by atoms with Gasteiger partial charge in [0.1, 0.15) is 0 Å². The predicted octanol–water partition coefficient (Wildman–Crippen LogP) is 0.968. The van der Waals surface area contributed by atoms with Crippen LogP contribution in [0.15, 0.2) is 24.3 Å². The molecule has 7 heteroatoms. The highest BCUT2D eigenvalue weighted by molar-refractivity contribution is 7.88. The molecule has 0 fully saturated rings. The molecule has 22 heavy (non-hydrogen) atoms. The Morgan fingerprint density at radius 1 is 1.27 bits per heavy atom. The number of nitrogens with two attached hydrogens (primary N) is 2. The van der Waals surface area contributed by atoms with Gasteiger partial charge in [0.05, 0.1) is 5.75 Å². The minimum Gasteiger partial charge on any atom is -0.346 e. The first-order valence-electron chi connectivity index (χ1n) is 7.17. The molecule has 0 aromatic heterocycles. The molecule has 0 saturated heterocycles. The van der Waals surface area contributed by atoms with Crippen LogP contribution in [0.2, 0.25) is 0 Å². The van der Waals surface area contributed by atoms with Crippen LogP contribution in [0.5, 0.6) is 0 Å². The van der Waals surface area contributed by atoms with Crippen LogP contribution in [0.1, 0.15) is 43.1 Å². The summed E-state index contributed by atoms with van der Waals surface area (Å²) in [4.78, 5) is 12.3. The van der Waals surface area contributed by atoms with Gasteiger partial charge < -0.3 is 11.1 Å². The first kappa shape index (κ1) is 18.6. The van der Waals surface area contributed by atoms with Gasteiger partial charge in [-0.15, -0.1) is 0 Å². The van der Waals surface area contributed by atoms with E-state index in [0.717, 1.165) is 6.42 Å². The van der Waals surface area contributed by atoms with Crippen LogP contribution in [0.4, 0.5) is 0 Å². The lowest BCUT2D eigenvalue weighted by atomic mass is 9.90. The summed E-state index contributed by atoms with van der Waals surface area (Å²) in [6, 6.07) is 6.34. The molecule has 5 N–H and O–H groups in total. The zero-order chi connectivity index (χ0) is 17.0. The van der Waals surface area contributed by atoms with Gasteiger partial charge in [-0.3, -0.25) is 4.79 Å². The molecule has 0 aliphatic rings. The summed E-state index contributed by atoms with van der Waals surface area (Å²) in [6.45, 7) is 6.41. The summed E-state index contributed by atoms with van der Waals surface area (Å²) < 4.78 is 22.1. The van der Waals surface area contributed by atoms with Crippen molar-refractivity contribution in [1.29, 1.82) is 0 Å². The Balaban J connectivity index is 2.81. The summed E-state index contributed by atoms with van der Waals surface area (Å²) in [7, 11) is -3.57. The van der Waals surface area contributed by atoms with E-state index < -0.39 is 15.6 Å². The van der Waals surface area contributed by atoms with Crippen molar-refractivity contribution in [2.75, 3.05) is 6.54 Å². The van der Waals surface area contributed by atoms with Crippen molar-refractivity contribution < 1.29 is 13.2 Å². The standard InChI is InChI=1S/C15H25N3O3S/c1-11(2)8-15(3,10-16)18-14(19)13-6-4-12(5-7-13)9-22(17,20)21/h4-7,11H,8-10,16H2,1-3H3,(H,18,19)(H2,17,20,21). The number of primary sulfonamides is 1. The molecule has 0 aliphatic heterocycles. The van der Waals surface area contributed by atoms with Crippen molar-refractivity contribution in [1.82, 2.24) is 5.32 Å². The van der Waals surface area contributed by atoms with Crippen molar-refractivity contribution in [2.45, 2.75) is 38.5 Å². The van der Waals surface area contributed by atoms with Crippen LogP contribution in [-0.2, 0) is 15.8 Å². The summed E-state index contributed by atoms with van der Waals surface area (Å²) in [6.07, 6.45) is 0.777. The van der Waals surface area contributed by atoms with Crippen molar-refractivity contribution in [2.24, 2.45) is 16.8 Å². The van der Waals surface area contributed by atoms with E-state index in [-0.39, 0.29) is 11.7 Å². The second-order valence-electron chi connectivity index (χ2n) is 6.32. The third-order valence-corrected chi connectivity index (χ3v) is 4.04. The second-order valence-corrected chi connectivity index (χ2v) is 7.94. The van der Waals surface area contributed by atoms with Gasteiger partial charge in [0, 0.05) is 17.6 Å². The molecule has 1 atom stereocenters. The molecule has 0 bridgehead atoms. The molecule has 0 spiro atoms. The minimum atomic E-state index is -3.57. The maximum absolute atomic E-state index is 12.3. The molecule has 0 aliphatic carbocycles. The SMILES string of the molecule is CC(C)CC(C)(CN)NC(=O)c1ccc(CS(N)(=O)=O)cc1. The monoisotopic (exact) mass is 327 g/mol. The van der Waals surface area contributed by atoms with Gasteiger partial charge in [-0.1, -0.05) is 26.0 Å². The fourth-order valence-corrected chi connectivity index (χ4v) is 3.07. The van der Waals surface area contributed by atoms with Crippen molar-refractivity contribution in [3.05, 3.63) is 35.4 Å². The van der Waals surface area contributed by atoms with Crippen LogP contribution in [0, 0.1) is 5.92 Å². The number of nitrogens with one attached hydrogen (secondary N) is 1.